The molecule has 0 amide bonds. The van der Waals surface area contributed by atoms with E-state index in [2.05, 4.69) is 18.7 Å². The molecule has 0 aromatic rings. The van der Waals surface area contributed by atoms with Crippen LogP contribution in [0.2, 0.25) is 0 Å². The van der Waals surface area contributed by atoms with E-state index in [9.17, 15) is 9.90 Å². The molecule has 2 N–H and O–H groups in total. The van der Waals surface area contributed by atoms with Crippen LogP contribution in [0.5, 0.6) is 0 Å². The number of hydrogen-bond donors (Lipinski definition) is 2. The van der Waals surface area contributed by atoms with Crippen LogP contribution in [0.4, 0.5) is 0 Å². The van der Waals surface area contributed by atoms with Crippen LogP contribution in [0, 0.1) is 5.92 Å². The van der Waals surface area contributed by atoms with Crippen molar-refractivity contribution in [3.8, 4) is 0 Å². The lowest BCUT2D eigenvalue weighted by Crippen LogP contribution is -2.61. The molecule has 94 valence electrons. The largest absolute Gasteiger partial charge is 0.481 e. The topological polar surface area (TPSA) is 60.8 Å². The predicted octanol–water partition coefficient (Wildman–Crippen LogP) is 1.33. The second kappa shape index (κ2) is 4.72. The van der Waals surface area contributed by atoms with E-state index in [-0.39, 0.29) is 11.6 Å². The lowest BCUT2D eigenvalue weighted by Gasteiger charge is -2.51. The first-order chi connectivity index (χ1) is 7.33. The monoisotopic (exact) mass is 229 g/mol. The van der Waals surface area contributed by atoms with Gasteiger partial charge >= 0.3 is 5.97 Å². The Bertz CT molecular complexity index is 269. The first-order valence-corrected chi connectivity index (χ1v) is 5.97. The molecule has 1 rings (SSSR count). The Hall–Kier alpha value is -0.610. The lowest BCUT2D eigenvalue weighted by molar-refractivity contribution is -0.158. The molecular weight excluding hydrogens is 206 g/mol. The van der Waals surface area contributed by atoms with E-state index in [4.69, 9.17) is 5.11 Å². The highest BCUT2D eigenvalue weighted by Gasteiger charge is 2.47. The number of likely N-dealkylation sites (tertiary alicyclic amines) is 1. The number of carboxylic acids is 1. The van der Waals surface area contributed by atoms with Gasteiger partial charge in [-0.05, 0) is 33.7 Å². The minimum absolute atomic E-state index is 0.0838. The van der Waals surface area contributed by atoms with E-state index >= 15 is 0 Å². The van der Waals surface area contributed by atoms with Gasteiger partial charge in [-0.25, -0.2) is 0 Å². The van der Waals surface area contributed by atoms with Crippen LogP contribution in [-0.2, 0) is 4.79 Å². The van der Waals surface area contributed by atoms with E-state index in [0.29, 0.717) is 6.42 Å². The molecule has 4 atom stereocenters. The summed E-state index contributed by atoms with van der Waals surface area (Å²) in [4.78, 5) is 13.2. The normalized spacial score (nSPS) is 40.9. The zero-order valence-electron chi connectivity index (χ0n) is 10.6. The molecule has 0 saturated carbocycles. The van der Waals surface area contributed by atoms with Crippen molar-refractivity contribution >= 4 is 5.97 Å². The lowest BCUT2D eigenvalue weighted by atomic mass is 9.75. The summed E-state index contributed by atoms with van der Waals surface area (Å²) in [7, 11) is 1.96. The van der Waals surface area contributed by atoms with Gasteiger partial charge in [-0.3, -0.25) is 9.69 Å². The third-order valence-corrected chi connectivity index (χ3v) is 4.12. The van der Waals surface area contributed by atoms with Crippen LogP contribution in [0.15, 0.2) is 0 Å². The fraction of sp³-hybridized carbons (Fsp3) is 0.917. The van der Waals surface area contributed by atoms with Gasteiger partial charge in [0.15, 0.2) is 0 Å². The molecule has 0 spiro atoms. The average Bonchev–Trinajstić information content (AvgIpc) is 2.14. The van der Waals surface area contributed by atoms with Crippen LogP contribution < -0.4 is 0 Å². The van der Waals surface area contributed by atoms with Crippen molar-refractivity contribution in [2.24, 2.45) is 5.92 Å². The molecule has 4 heteroatoms. The van der Waals surface area contributed by atoms with Crippen molar-refractivity contribution < 1.29 is 15.0 Å². The number of aliphatic hydroxyl groups excluding tert-OH is 1. The maximum Gasteiger partial charge on any atom is 0.310 e. The number of carboxylic acid groups (broad SMARTS) is 1. The summed E-state index contributed by atoms with van der Waals surface area (Å²) in [6.45, 7) is 6.10. The van der Waals surface area contributed by atoms with Gasteiger partial charge in [0.1, 0.15) is 0 Å². The molecule has 0 bridgehead atoms. The maximum atomic E-state index is 11.1. The SMILES string of the molecule is CCC[C@]1(C)C[C@H](O)C(C(=O)O)C(C)N1C. The Balaban J connectivity index is 2.90. The fourth-order valence-electron chi connectivity index (χ4n) is 2.96. The molecule has 0 aromatic carbocycles. The zero-order chi connectivity index (χ0) is 12.5. The van der Waals surface area contributed by atoms with Crippen LogP contribution in [-0.4, -0.2) is 45.8 Å². The van der Waals surface area contributed by atoms with E-state index in [0.717, 1.165) is 12.8 Å². The quantitative estimate of drug-likeness (QED) is 0.766. The number of hydrogen-bond acceptors (Lipinski definition) is 3. The summed E-state index contributed by atoms with van der Waals surface area (Å²) >= 11 is 0. The Morgan fingerprint density at radius 2 is 2.12 bits per heavy atom. The molecule has 1 saturated heterocycles. The summed E-state index contributed by atoms with van der Waals surface area (Å²) in [5.41, 5.74) is -0.0838. The molecule has 0 aromatic heterocycles. The van der Waals surface area contributed by atoms with Crippen molar-refractivity contribution in [2.75, 3.05) is 7.05 Å². The molecule has 16 heavy (non-hydrogen) atoms. The highest BCUT2D eigenvalue weighted by Crippen LogP contribution is 2.37. The Morgan fingerprint density at radius 3 is 2.56 bits per heavy atom. The first-order valence-electron chi connectivity index (χ1n) is 5.97. The third kappa shape index (κ3) is 2.23. The molecule has 1 heterocycles. The number of aliphatic carboxylic acids is 1. The molecule has 2 unspecified atom stereocenters. The zero-order valence-corrected chi connectivity index (χ0v) is 10.6. The summed E-state index contributed by atoms with van der Waals surface area (Å²) in [6.07, 6.45) is 1.83. The number of rotatable bonds is 3. The van der Waals surface area contributed by atoms with Gasteiger partial charge < -0.3 is 10.2 Å². The minimum atomic E-state index is -0.898. The smallest absolute Gasteiger partial charge is 0.310 e. The number of carbonyl (C=O) groups is 1. The summed E-state index contributed by atoms with van der Waals surface area (Å²) < 4.78 is 0. The number of nitrogens with zero attached hydrogens (tertiary/aromatic N) is 1. The van der Waals surface area contributed by atoms with Crippen molar-refractivity contribution in [3.63, 3.8) is 0 Å². The van der Waals surface area contributed by atoms with Crippen LogP contribution >= 0.6 is 0 Å². The van der Waals surface area contributed by atoms with Gasteiger partial charge in [-0.15, -0.1) is 0 Å². The third-order valence-electron chi connectivity index (χ3n) is 4.12. The standard InChI is InChI=1S/C12H23NO3/c1-5-6-12(3)7-9(14)10(11(15)16)8(2)13(12)4/h8-10,14H,5-7H2,1-4H3,(H,15,16)/t8?,9-,10?,12+/m0/s1. The van der Waals surface area contributed by atoms with E-state index in [1.54, 1.807) is 0 Å². The van der Waals surface area contributed by atoms with Gasteiger partial charge in [-0.1, -0.05) is 13.3 Å². The van der Waals surface area contributed by atoms with Crippen molar-refractivity contribution in [3.05, 3.63) is 0 Å². The van der Waals surface area contributed by atoms with Gasteiger partial charge in [-0.2, -0.15) is 0 Å². The summed E-state index contributed by atoms with van der Waals surface area (Å²) in [5.74, 6) is -1.57. The molecule has 0 radical (unpaired) electrons. The predicted molar refractivity (Wildman–Crippen MR) is 62.3 cm³/mol. The number of aliphatic hydroxyl groups is 1. The van der Waals surface area contributed by atoms with E-state index in [1.807, 2.05) is 14.0 Å². The van der Waals surface area contributed by atoms with E-state index < -0.39 is 18.0 Å². The Labute approximate surface area is 97.3 Å². The van der Waals surface area contributed by atoms with Gasteiger partial charge in [0.25, 0.3) is 0 Å². The summed E-state index contributed by atoms with van der Waals surface area (Å²) in [6, 6.07) is -0.127. The molecule has 1 fully saturated rings. The van der Waals surface area contributed by atoms with Gasteiger partial charge in [0.05, 0.1) is 12.0 Å². The highest BCUT2D eigenvalue weighted by atomic mass is 16.4. The van der Waals surface area contributed by atoms with E-state index in [1.165, 1.54) is 0 Å². The number of piperidine rings is 1. The average molecular weight is 229 g/mol. The molecule has 1 aliphatic heterocycles. The fourth-order valence-corrected chi connectivity index (χ4v) is 2.96. The van der Waals surface area contributed by atoms with Crippen molar-refractivity contribution in [1.29, 1.82) is 0 Å². The minimum Gasteiger partial charge on any atom is -0.481 e. The Morgan fingerprint density at radius 1 is 1.56 bits per heavy atom. The second-order valence-corrected chi connectivity index (χ2v) is 5.23. The molecule has 4 nitrogen and oxygen atoms in total. The van der Waals surface area contributed by atoms with Crippen molar-refractivity contribution in [2.45, 2.75) is 57.7 Å². The highest BCUT2D eigenvalue weighted by molar-refractivity contribution is 5.71. The van der Waals surface area contributed by atoms with Crippen LogP contribution in [0.1, 0.15) is 40.0 Å². The van der Waals surface area contributed by atoms with Crippen LogP contribution in [0.3, 0.4) is 0 Å². The van der Waals surface area contributed by atoms with Gasteiger partial charge in [0, 0.05) is 11.6 Å². The maximum absolute atomic E-state index is 11.1. The van der Waals surface area contributed by atoms with Crippen molar-refractivity contribution in [1.82, 2.24) is 4.90 Å². The second-order valence-electron chi connectivity index (χ2n) is 5.23. The summed E-state index contributed by atoms with van der Waals surface area (Å²) in [5, 5.41) is 19.1. The Kier molecular flexibility index (Phi) is 3.97. The molecule has 1 aliphatic rings. The van der Waals surface area contributed by atoms with Gasteiger partial charge in [0.2, 0.25) is 0 Å². The molecular formula is C12H23NO3. The first kappa shape index (κ1) is 13.5. The van der Waals surface area contributed by atoms with Crippen LogP contribution in [0.25, 0.3) is 0 Å². The molecule has 0 aliphatic carbocycles.